The quantitative estimate of drug-likeness (QED) is 0.500. The molecule has 0 aliphatic heterocycles. The Hall–Kier alpha value is 1.16. The molecule has 0 heterocycles. The minimum absolute atomic E-state index is 0. The first-order valence-electron chi connectivity index (χ1n) is 0.783. The van der Waals surface area contributed by atoms with Gasteiger partial charge in [0.1, 0.15) is 0 Å². The van der Waals surface area contributed by atoms with Crippen LogP contribution in [0.1, 0.15) is 0 Å². The molecule has 0 aromatic heterocycles. The minimum Gasteiger partial charge on any atom is -0.303 e. The Morgan fingerprint density at radius 2 is 1.17 bits per heavy atom. The van der Waals surface area contributed by atoms with Gasteiger partial charge < -0.3 is 14.7 Å². The normalized spacial score (nSPS) is 9.83. The van der Waals surface area contributed by atoms with Crippen molar-refractivity contribution in [1.82, 2.24) is 0 Å². The molecule has 0 amide bonds. The van der Waals surface area contributed by atoms with Crippen LogP contribution >= 0.6 is 7.82 Å². The molecule has 0 atom stereocenters. The molecule has 0 fully saturated rings. The molecule has 0 saturated carbocycles. The summed E-state index contributed by atoms with van der Waals surface area (Å²) in [6.45, 7) is 0. The monoisotopic (exact) mass is 336 g/mol. The van der Waals surface area contributed by atoms with Crippen LogP contribution in [-0.2, 0) is 4.57 Å². The Bertz CT molecular complexity index is 53.7. The zero-order chi connectivity index (χ0) is 4.50. The predicted molar refractivity (Wildman–Crippen MR) is 14.3 cm³/mol. The first-order chi connectivity index (χ1) is 2.00. The van der Waals surface area contributed by atoms with E-state index < -0.39 is 7.82 Å². The fraction of sp³-hybridized carbons (Fsp3) is 0. The van der Waals surface area contributed by atoms with Crippen LogP contribution in [-0.4, -0.2) is 14.7 Å². The molecule has 0 spiro atoms. The van der Waals surface area contributed by atoms with Gasteiger partial charge in [-0.25, -0.2) is 4.57 Å². The summed E-state index contributed by atoms with van der Waals surface area (Å²) < 4.78 is 8.88. The smallest absolute Gasteiger partial charge is 0.303 e. The number of hydrogen-bond acceptors (Lipinski definition) is 1. The van der Waals surface area contributed by atoms with Crippen LogP contribution in [0, 0.1) is 31.1 Å². The van der Waals surface area contributed by atoms with E-state index >= 15 is 0 Å². The topological polar surface area (TPSA) is 77.8 Å². The van der Waals surface area contributed by atoms with Crippen molar-refractivity contribution in [3.05, 3.63) is 0 Å². The van der Waals surface area contributed by atoms with Gasteiger partial charge in [-0.05, 0) is 0 Å². The van der Waals surface area contributed by atoms with Crippen molar-refractivity contribution in [1.29, 1.82) is 0 Å². The van der Waals surface area contributed by atoms with E-state index in [9.17, 15) is 0 Å². The average Bonchev–Trinajstić information content (AvgIpc) is 0.722. The van der Waals surface area contributed by atoms with Gasteiger partial charge in [0.05, 0.1) is 0 Å². The van der Waals surface area contributed by atoms with E-state index in [0.717, 1.165) is 0 Å². The maximum atomic E-state index is 8.88. The molecule has 6 heavy (non-hydrogen) atoms. The summed E-state index contributed by atoms with van der Waals surface area (Å²) in [4.78, 5) is 21.6. The first kappa shape index (κ1) is 10.2. The third kappa shape index (κ3) is 66.2. The van der Waals surface area contributed by atoms with Crippen LogP contribution in [0.5, 0.6) is 0 Å². The maximum absolute atomic E-state index is 8.88. The van der Waals surface area contributed by atoms with Crippen LogP contribution in [0.25, 0.3) is 0 Å². The van der Waals surface area contributed by atoms with E-state index in [4.69, 9.17) is 19.2 Å². The third-order valence-electron chi connectivity index (χ3n) is 0. The fourth-order valence-corrected chi connectivity index (χ4v) is 0. The van der Waals surface area contributed by atoms with Crippen molar-refractivity contribution in [3.63, 3.8) is 0 Å². The van der Waals surface area contributed by atoms with Gasteiger partial charge in [-0.3, -0.25) is 0 Å². The van der Waals surface area contributed by atoms with Crippen LogP contribution in [0.3, 0.4) is 0 Å². The maximum Gasteiger partial charge on any atom is 0.466 e. The summed E-state index contributed by atoms with van der Waals surface area (Å²) in [5.41, 5.74) is 0. The van der Waals surface area contributed by atoms with E-state index in [1.165, 1.54) is 0 Å². The number of hydrogen-bond donors (Lipinski definition) is 3. The van der Waals surface area contributed by atoms with Crippen molar-refractivity contribution in [2.24, 2.45) is 0 Å². The molecule has 0 aromatic carbocycles. The molecule has 0 bridgehead atoms. The Balaban J connectivity index is 0. The Kier molecular flexibility index (Phi) is 5.44. The van der Waals surface area contributed by atoms with Gasteiger partial charge >= 0.3 is 7.82 Å². The van der Waals surface area contributed by atoms with Gasteiger partial charge in [-0.1, -0.05) is 0 Å². The molecule has 0 saturated heterocycles. The Morgan fingerprint density at radius 3 is 1.17 bits per heavy atom. The average molecular weight is 336 g/mol. The van der Waals surface area contributed by atoms with Gasteiger partial charge in [-0.15, -0.1) is 0 Å². The standard InChI is InChI=1S/H3O4P.U/c1-5(2,3)4;/h(H3,1,2,3,4);. The zero-order valence-corrected chi connectivity index (χ0v) is 7.76. The Morgan fingerprint density at radius 1 is 1.17 bits per heavy atom. The summed E-state index contributed by atoms with van der Waals surface area (Å²) in [6.07, 6.45) is 0. The molecule has 3 N–H and O–H groups in total. The Labute approximate surface area is 58.2 Å². The van der Waals surface area contributed by atoms with Crippen LogP contribution in [0.15, 0.2) is 0 Å². The van der Waals surface area contributed by atoms with E-state index in [-0.39, 0.29) is 31.1 Å². The van der Waals surface area contributed by atoms with Crippen molar-refractivity contribution in [2.45, 2.75) is 0 Å². The van der Waals surface area contributed by atoms with Crippen molar-refractivity contribution >= 4 is 7.82 Å². The number of phosphoric acid groups is 1. The molecule has 0 unspecified atom stereocenters. The molecule has 0 aromatic rings. The second-order valence-corrected chi connectivity index (χ2v) is 1.54. The summed E-state index contributed by atoms with van der Waals surface area (Å²) in [5, 5.41) is 0. The third-order valence-corrected chi connectivity index (χ3v) is 0. The van der Waals surface area contributed by atoms with Gasteiger partial charge in [0.15, 0.2) is 0 Å². The van der Waals surface area contributed by atoms with E-state index in [2.05, 4.69) is 0 Å². The summed E-state index contributed by atoms with van der Waals surface area (Å²) in [6, 6.07) is 0. The van der Waals surface area contributed by atoms with Crippen molar-refractivity contribution < 1.29 is 50.4 Å². The van der Waals surface area contributed by atoms with E-state index in [1.807, 2.05) is 0 Å². The van der Waals surface area contributed by atoms with Gasteiger partial charge in [0.25, 0.3) is 0 Å². The molecule has 4 nitrogen and oxygen atoms in total. The van der Waals surface area contributed by atoms with Crippen LogP contribution < -0.4 is 0 Å². The number of rotatable bonds is 0. The van der Waals surface area contributed by atoms with Crippen molar-refractivity contribution in [2.75, 3.05) is 0 Å². The molecular formula is H3O4PU. The molecule has 0 rings (SSSR count). The summed E-state index contributed by atoms with van der Waals surface area (Å²) in [5.74, 6) is 0. The minimum atomic E-state index is -4.64. The predicted octanol–water partition coefficient (Wildman–Crippen LogP) is -0.929. The molecular weight excluding hydrogens is 333 g/mol. The van der Waals surface area contributed by atoms with Crippen molar-refractivity contribution in [3.8, 4) is 0 Å². The van der Waals surface area contributed by atoms with Gasteiger partial charge in [0.2, 0.25) is 0 Å². The second-order valence-electron chi connectivity index (χ2n) is 0.513. The molecule has 0 radical (unpaired) electrons. The SMILES string of the molecule is O=P(O)(O)O.[U]. The largest absolute Gasteiger partial charge is 0.466 e. The van der Waals surface area contributed by atoms with Gasteiger partial charge in [0, 0.05) is 31.1 Å². The molecule has 0 aliphatic rings. The van der Waals surface area contributed by atoms with E-state index in [1.54, 1.807) is 0 Å². The van der Waals surface area contributed by atoms with Crippen LogP contribution in [0.4, 0.5) is 0 Å². The molecule has 6 heteroatoms. The summed E-state index contributed by atoms with van der Waals surface area (Å²) >= 11 is 0. The molecule has 0 aliphatic carbocycles. The first-order valence-corrected chi connectivity index (χ1v) is 2.35. The van der Waals surface area contributed by atoms with Crippen LogP contribution in [0.2, 0.25) is 0 Å². The van der Waals surface area contributed by atoms with Gasteiger partial charge in [-0.2, -0.15) is 0 Å². The zero-order valence-electron chi connectivity index (χ0n) is 2.70. The van der Waals surface area contributed by atoms with E-state index in [0.29, 0.717) is 0 Å². The molecule has 36 valence electrons. The second kappa shape index (κ2) is 3.20. The summed E-state index contributed by atoms with van der Waals surface area (Å²) in [7, 11) is -4.64. The fourth-order valence-electron chi connectivity index (χ4n) is 0.